The van der Waals surface area contributed by atoms with Gasteiger partial charge in [-0.15, -0.1) is 0 Å². The summed E-state index contributed by atoms with van der Waals surface area (Å²) in [5.74, 6) is 1.43. The largest absolute Gasteiger partial charge is 0.493 e. The lowest BCUT2D eigenvalue weighted by molar-refractivity contribution is 0.333. The zero-order chi connectivity index (χ0) is 9.26. The van der Waals surface area contributed by atoms with Gasteiger partial charge in [0.05, 0.1) is 6.61 Å². The third-order valence-electron chi connectivity index (χ3n) is 2.65. The number of rotatable bonds is 2. The Morgan fingerprint density at radius 2 is 2.38 bits per heavy atom. The fourth-order valence-electron chi connectivity index (χ4n) is 1.74. The Bertz CT molecular complexity index is 309. The number of nitrogens with two attached hydrogens (primary N) is 1. The molecule has 2 heteroatoms. The van der Waals surface area contributed by atoms with Crippen molar-refractivity contribution in [3.63, 3.8) is 0 Å². The Morgan fingerprint density at radius 1 is 1.54 bits per heavy atom. The van der Waals surface area contributed by atoms with Gasteiger partial charge in [0.2, 0.25) is 0 Å². The van der Waals surface area contributed by atoms with Crippen molar-refractivity contribution in [2.75, 3.05) is 13.2 Å². The van der Waals surface area contributed by atoms with E-state index in [1.165, 1.54) is 11.1 Å². The normalized spacial score (nSPS) is 19.7. The number of hydrogen-bond acceptors (Lipinski definition) is 2. The standard InChI is InChI=1S/C11H15NO/c1-2-8-3-4-11-10(5-8)9(6-12)7-13-11/h3-5,9H,2,6-7,12H2,1H3. The average molecular weight is 177 g/mol. The van der Waals surface area contributed by atoms with Gasteiger partial charge in [0.1, 0.15) is 5.75 Å². The molecule has 70 valence electrons. The highest BCUT2D eigenvalue weighted by Crippen LogP contribution is 2.33. The number of fused-ring (bicyclic) bond motifs is 1. The lowest BCUT2D eigenvalue weighted by Crippen LogP contribution is -2.13. The molecule has 0 saturated carbocycles. The zero-order valence-corrected chi connectivity index (χ0v) is 7.92. The molecule has 0 radical (unpaired) electrons. The van der Waals surface area contributed by atoms with E-state index in [0.29, 0.717) is 12.5 Å². The van der Waals surface area contributed by atoms with Crippen molar-refractivity contribution in [1.29, 1.82) is 0 Å². The first kappa shape index (κ1) is 8.57. The summed E-state index contributed by atoms with van der Waals surface area (Å²) < 4.78 is 5.52. The number of aryl methyl sites for hydroxylation is 1. The highest BCUT2D eigenvalue weighted by atomic mass is 16.5. The van der Waals surface area contributed by atoms with Crippen molar-refractivity contribution in [2.24, 2.45) is 5.73 Å². The van der Waals surface area contributed by atoms with Gasteiger partial charge in [0.15, 0.2) is 0 Å². The first-order valence-electron chi connectivity index (χ1n) is 4.80. The van der Waals surface area contributed by atoms with E-state index in [-0.39, 0.29) is 0 Å². The van der Waals surface area contributed by atoms with E-state index < -0.39 is 0 Å². The lowest BCUT2D eigenvalue weighted by atomic mass is 9.99. The summed E-state index contributed by atoms with van der Waals surface area (Å²) in [5, 5.41) is 0. The zero-order valence-electron chi connectivity index (χ0n) is 7.92. The fourth-order valence-corrected chi connectivity index (χ4v) is 1.74. The molecule has 2 N–H and O–H groups in total. The second kappa shape index (κ2) is 3.38. The first-order chi connectivity index (χ1) is 6.35. The maximum atomic E-state index is 5.66. The maximum absolute atomic E-state index is 5.66. The SMILES string of the molecule is CCc1ccc2c(c1)C(CN)CO2. The Labute approximate surface area is 78.7 Å². The topological polar surface area (TPSA) is 35.2 Å². The summed E-state index contributed by atoms with van der Waals surface area (Å²) in [5.41, 5.74) is 8.32. The van der Waals surface area contributed by atoms with E-state index in [4.69, 9.17) is 10.5 Å². The predicted molar refractivity (Wildman–Crippen MR) is 53.1 cm³/mol. The molecular formula is C11H15NO. The fraction of sp³-hybridized carbons (Fsp3) is 0.455. The van der Waals surface area contributed by atoms with Crippen LogP contribution >= 0.6 is 0 Å². The van der Waals surface area contributed by atoms with Crippen molar-refractivity contribution >= 4 is 0 Å². The molecule has 1 aromatic carbocycles. The second-order valence-corrected chi connectivity index (χ2v) is 3.47. The van der Waals surface area contributed by atoms with Crippen LogP contribution in [0.2, 0.25) is 0 Å². The van der Waals surface area contributed by atoms with Crippen LogP contribution in [0.1, 0.15) is 24.0 Å². The Balaban J connectivity index is 2.37. The van der Waals surface area contributed by atoms with Crippen LogP contribution in [0.4, 0.5) is 0 Å². The number of benzene rings is 1. The molecule has 13 heavy (non-hydrogen) atoms. The molecule has 1 aromatic rings. The average Bonchev–Trinajstić information content (AvgIpc) is 2.59. The van der Waals surface area contributed by atoms with Crippen molar-refractivity contribution in [3.8, 4) is 5.75 Å². The van der Waals surface area contributed by atoms with Crippen LogP contribution in [0.3, 0.4) is 0 Å². The molecule has 1 unspecified atom stereocenters. The van der Waals surface area contributed by atoms with Crippen LogP contribution in [0.15, 0.2) is 18.2 Å². The molecule has 2 nitrogen and oxygen atoms in total. The molecule has 1 aliphatic heterocycles. The van der Waals surface area contributed by atoms with Gasteiger partial charge in [-0.1, -0.05) is 19.1 Å². The molecule has 0 aliphatic carbocycles. The molecule has 2 rings (SSSR count). The van der Waals surface area contributed by atoms with Gasteiger partial charge in [-0.2, -0.15) is 0 Å². The maximum Gasteiger partial charge on any atom is 0.122 e. The molecule has 0 amide bonds. The van der Waals surface area contributed by atoms with Crippen LogP contribution in [-0.2, 0) is 6.42 Å². The van der Waals surface area contributed by atoms with Crippen molar-refractivity contribution in [1.82, 2.24) is 0 Å². The van der Waals surface area contributed by atoms with Crippen LogP contribution in [-0.4, -0.2) is 13.2 Å². The summed E-state index contributed by atoms with van der Waals surface area (Å²) in [6.07, 6.45) is 1.07. The number of ether oxygens (including phenoxy) is 1. The molecule has 0 spiro atoms. The summed E-state index contributed by atoms with van der Waals surface area (Å²) in [4.78, 5) is 0. The van der Waals surface area contributed by atoms with Gasteiger partial charge in [0, 0.05) is 18.0 Å². The second-order valence-electron chi connectivity index (χ2n) is 3.47. The van der Waals surface area contributed by atoms with Crippen LogP contribution in [0.25, 0.3) is 0 Å². The van der Waals surface area contributed by atoms with Crippen molar-refractivity contribution in [3.05, 3.63) is 29.3 Å². The van der Waals surface area contributed by atoms with Gasteiger partial charge in [-0.3, -0.25) is 0 Å². The minimum Gasteiger partial charge on any atom is -0.493 e. The number of hydrogen-bond donors (Lipinski definition) is 1. The Hall–Kier alpha value is -1.02. The predicted octanol–water partition coefficient (Wildman–Crippen LogP) is 1.68. The summed E-state index contributed by atoms with van der Waals surface area (Å²) in [6, 6.07) is 6.40. The minimum atomic E-state index is 0.404. The molecule has 0 bridgehead atoms. The smallest absolute Gasteiger partial charge is 0.122 e. The molecule has 0 aromatic heterocycles. The van der Waals surface area contributed by atoms with Gasteiger partial charge >= 0.3 is 0 Å². The van der Waals surface area contributed by atoms with E-state index in [2.05, 4.69) is 25.1 Å². The molecule has 1 heterocycles. The monoisotopic (exact) mass is 177 g/mol. The van der Waals surface area contributed by atoms with Crippen LogP contribution in [0.5, 0.6) is 5.75 Å². The summed E-state index contributed by atoms with van der Waals surface area (Å²) in [6.45, 7) is 3.59. The summed E-state index contributed by atoms with van der Waals surface area (Å²) in [7, 11) is 0. The van der Waals surface area contributed by atoms with Gasteiger partial charge in [0.25, 0.3) is 0 Å². The summed E-state index contributed by atoms with van der Waals surface area (Å²) >= 11 is 0. The van der Waals surface area contributed by atoms with E-state index in [1.54, 1.807) is 0 Å². The van der Waals surface area contributed by atoms with Crippen molar-refractivity contribution < 1.29 is 4.74 Å². The van der Waals surface area contributed by atoms with Crippen LogP contribution < -0.4 is 10.5 Å². The van der Waals surface area contributed by atoms with Gasteiger partial charge in [-0.25, -0.2) is 0 Å². The van der Waals surface area contributed by atoms with E-state index in [0.717, 1.165) is 18.8 Å². The highest BCUT2D eigenvalue weighted by Gasteiger charge is 2.22. The van der Waals surface area contributed by atoms with Gasteiger partial charge < -0.3 is 10.5 Å². The Kier molecular flexibility index (Phi) is 2.23. The van der Waals surface area contributed by atoms with Gasteiger partial charge in [-0.05, 0) is 18.1 Å². The molecule has 0 saturated heterocycles. The lowest BCUT2D eigenvalue weighted by Gasteiger charge is -2.05. The van der Waals surface area contributed by atoms with Crippen molar-refractivity contribution in [2.45, 2.75) is 19.3 Å². The quantitative estimate of drug-likeness (QED) is 0.746. The molecule has 0 fully saturated rings. The first-order valence-corrected chi connectivity index (χ1v) is 4.80. The molecular weight excluding hydrogens is 162 g/mol. The third kappa shape index (κ3) is 1.42. The molecule has 1 atom stereocenters. The van der Waals surface area contributed by atoms with E-state index in [1.807, 2.05) is 0 Å². The molecule has 1 aliphatic rings. The highest BCUT2D eigenvalue weighted by molar-refractivity contribution is 5.42. The van der Waals surface area contributed by atoms with E-state index in [9.17, 15) is 0 Å². The van der Waals surface area contributed by atoms with E-state index >= 15 is 0 Å². The van der Waals surface area contributed by atoms with Crippen LogP contribution in [0, 0.1) is 0 Å². The Morgan fingerprint density at radius 3 is 3.08 bits per heavy atom. The minimum absolute atomic E-state index is 0.404. The third-order valence-corrected chi connectivity index (χ3v) is 2.65.